The van der Waals surface area contributed by atoms with Crippen molar-refractivity contribution in [2.45, 2.75) is 20.5 Å². The molecule has 0 aliphatic rings. The van der Waals surface area contributed by atoms with Gasteiger partial charge in [-0.2, -0.15) is 0 Å². The Morgan fingerprint density at radius 1 is 0.926 bits per heavy atom. The summed E-state index contributed by atoms with van der Waals surface area (Å²) in [7, 11) is 0. The van der Waals surface area contributed by atoms with Crippen molar-refractivity contribution < 1.29 is 9.53 Å². The molecule has 0 aliphatic carbocycles. The first kappa shape index (κ1) is 18.6. The van der Waals surface area contributed by atoms with Crippen molar-refractivity contribution in [2.75, 3.05) is 18.0 Å². The van der Waals surface area contributed by atoms with Crippen LogP contribution >= 0.6 is 0 Å². The lowest BCUT2D eigenvalue weighted by Crippen LogP contribution is -2.23. The molecule has 138 valence electrons. The largest absolute Gasteiger partial charge is 0.457 e. The minimum atomic E-state index is -0.427. The first-order chi connectivity index (χ1) is 13.2. The van der Waals surface area contributed by atoms with Gasteiger partial charge in [0, 0.05) is 42.3 Å². The summed E-state index contributed by atoms with van der Waals surface area (Å²) in [5.74, 6) is 0.156. The van der Waals surface area contributed by atoms with Crippen LogP contribution in [-0.2, 0) is 11.3 Å². The third kappa shape index (κ3) is 4.50. The summed E-state index contributed by atoms with van der Waals surface area (Å²) < 4.78 is 5.49. The highest BCUT2D eigenvalue weighted by atomic mass is 16.5. The van der Waals surface area contributed by atoms with Crippen molar-refractivity contribution in [3.05, 3.63) is 78.1 Å². The molecule has 5 nitrogen and oxygen atoms in total. The van der Waals surface area contributed by atoms with E-state index >= 15 is 0 Å². The second-order valence-electron chi connectivity index (χ2n) is 6.04. The quantitative estimate of drug-likeness (QED) is 0.586. The van der Waals surface area contributed by atoms with Gasteiger partial charge in [0.25, 0.3) is 0 Å². The lowest BCUT2D eigenvalue weighted by atomic mass is 10.1. The van der Waals surface area contributed by atoms with Crippen LogP contribution in [0.15, 0.2) is 67.0 Å². The number of hydrogen-bond donors (Lipinski definition) is 0. The molecular weight excluding hydrogens is 338 g/mol. The highest BCUT2D eigenvalue weighted by molar-refractivity contribution is 5.88. The van der Waals surface area contributed by atoms with E-state index in [9.17, 15) is 4.79 Å². The summed E-state index contributed by atoms with van der Waals surface area (Å²) in [5.41, 5.74) is 3.32. The number of para-hydroxylation sites is 1. The summed E-state index contributed by atoms with van der Waals surface area (Å²) in [5, 5.41) is 0. The third-order valence-electron chi connectivity index (χ3n) is 4.37. The number of anilines is 1. The van der Waals surface area contributed by atoms with E-state index in [0.717, 1.165) is 29.9 Å². The average Bonchev–Trinajstić information content (AvgIpc) is 2.74. The predicted octanol–water partition coefficient (Wildman–Crippen LogP) is 4.35. The Morgan fingerprint density at radius 3 is 2.22 bits per heavy atom. The topological polar surface area (TPSA) is 55.3 Å². The van der Waals surface area contributed by atoms with Crippen LogP contribution in [0.1, 0.15) is 29.8 Å². The monoisotopic (exact) mass is 361 g/mol. The lowest BCUT2D eigenvalue weighted by molar-refractivity contribution is 0.0472. The van der Waals surface area contributed by atoms with Gasteiger partial charge in [0.2, 0.25) is 0 Å². The molecule has 0 saturated heterocycles. The number of ether oxygens (including phenoxy) is 1. The van der Waals surface area contributed by atoms with Gasteiger partial charge < -0.3 is 9.64 Å². The van der Waals surface area contributed by atoms with Crippen LogP contribution in [0, 0.1) is 0 Å². The molecule has 0 amide bonds. The van der Waals surface area contributed by atoms with Crippen LogP contribution in [0.25, 0.3) is 11.4 Å². The summed E-state index contributed by atoms with van der Waals surface area (Å²) >= 11 is 0. The highest BCUT2D eigenvalue weighted by Gasteiger charge is 2.13. The fraction of sp³-hybridized carbons (Fsp3) is 0.227. The van der Waals surface area contributed by atoms with Crippen LogP contribution in [0.3, 0.4) is 0 Å². The summed E-state index contributed by atoms with van der Waals surface area (Å²) in [6, 6.07) is 17.6. The predicted molar refractivity (Wildman–Crippen MR) is 107 cm³/mol. The van der Waals surface area contributed by atoms with Gasteiger partial charge in [-0.05, 0) is 19.9 Å². The lowest BCUT2D eigenvalue weighted by Gasteiger charge is -2.24. The van der Waals surface area contributed by atoms with Crippen LogP contribution in [-0.4, -0.2) is 29.0 Å². The smallest absolute Gasteiger partial charge is 0.341 e. The number of carbonyl (C=O) groups is 1. The van der Waals surface area contributed by atoms with E-state index in [1.165, 1.54) is 12.4 Å². The molecule has 0 unspecified atom stereocenters. The Labute approximate surface area is 159 Å². The molecular formula is C22H23N3O2. The van der Waals surface area contributed by atoms with Gasteiger partial charge in [-0.1, -0.05) is 48.5 Å². The van der Waals surface area contributed by atoms with E-state index < -0.39 is 5.97 Å². The minimum absolute atomic E-state index is 0.214. The Morgan fingerprint density at radius 2 is 1.56 bits per heavy atom. The Hall–Kier alpha value is -3.21. The van der Waals surface area contributed by atoms with Crippen molar-refractivity contribution in [3.63, 3.8) is 0 Å². The van der Waals surface area contributed by atoms with Crippen LogP contribution in [0.5, 0.6) is 0 Å². The van der Waals surface area contributed by atoms with E-state index in [1.54, 1.807) is 0 Å². The van der Waals surface area contributed by atoms with Crippen molar-refractivity contribution in [3.8, 4) is 11.4 Å². The number of carbonyl (C=O) groups excluding carboxylic acids is 1. The van der Waals surface area contributed by atoms with E-state index in [0.29, 0.717) is 11.4 Å². The molecule has 0 saturated carbocycles. The first-order valence-electron chi connectivity index (χ1n) is 9.10. The number of esters is 1. The summed E-state index contributed by atoms with van der Waals surface area (Å²) in [4.78, 5) is 23.2. The van der Waals surface area contributed by atoms with Crippen molar-refractivity contribution in [1.29, 1.82) is 0 Å². The number of nitrogens with zero attached hydrogens (tertiary/aromatic N) is 3. The molecule has 3 aromatic rings. The van der Waals surface area contributed by atoms with Gasteiger partial charge in [0.15, 0.2) is 5.82 Å². The zero-order valence-corrected chi connectivity index (χ0v) is 15.6. The molecule has 0 bridgehead atoms. The Kier molecular flexibility index (Phi) is 6.15. The van der Waals surface area contributed by atoms with Gasteiger partial charge in [-0.25, -0.2) is 14.8 Å². The maximum Gasteiger partial charge on any atom is 0.341 e. The van der Waals surface area contributed by atoms with Gasteiger partial charge in [-0.3, -0.25) is 0 Å². The summed E-state index contributed by atoms with van der Waals surface area (Å²) in [6.45, 7) is 6.23. The maximum absolute atomic E-state index is 12.4. The number of aromatic nitrogens is 2. The highest BCUT2D eigenvalue weighted by Crippen LogP contribution is 2.21. The fourth-order valence-corrected chi connectivity index (χ4v) is 2.90. The number of benzene rings is 2. The normalized spacial score (nSPS) is 10.4. The molecule has 0 N–H and O–H groups in total. The van der Waals surface area contributed by atoms with Crippen molar-refractivity contribution in [1.82, 2.24) is 9.97 Å². The van der Waals surface area contributed by atoms with Crippen LogP contribution < -0.4 is 4.90 Å². The standard InChI is InChI=1S/C22H23N3O2/c1-3-25(4-2)20-13-9-8-12-18(20)16-27-22(26)19-14-23-21(24-15-19)17-10-6-5-7-11-17/h5-15H,3-4,16H2,1-2H3. The van der Waals surface area contributed by atoms with Crippen LogP contribution in [0.2, 0.25) is 0 Å². The molecule has 1 heterocycles. The molecule has 0 aliphatic heterocycles. The fourth-order valence-electron chi connectivity index (χ4n) is 2.90. The zero-order valence-electron chi connectivity index (χ0n) is 15.6. The molecule has 2 aromatic carbocycles. The Bertz CT molecular complexity index is 876. The molecule has 27 heavy (non-hydrogen) atoms. The van der Waals surface area contributed by atoms with Crippen LogP contribution in [0.4, 0.5) is 5.69 Å². The molecule has 0 radical (unpaired) electrons. The van der Waals surface area contributed by atoms with Gasteiger partial charge >= 0.3 is 5.97 Å². The molecule has 1 aromatic heterocycles. The van der Waals surface area contributed by atoms with E-state index in [2.05, 4.69) is 28.7 Å². The van der Waals surface area contributed by atoms with E-state index in [1.807, 2.05) is 54.6 Å². The third-order valence-corrected chi connectivity index (χ3v) is 4.37. The number of hydrogen-bond acceptors (Lipinski definition) is 5. The molecule has 0 spiro atoms. The van der Waals surface area contributed by atoms with E-state index in [-0.39, 0.29) is 6.61 Å². The zero-order chi connectivity index (χ0) is 19.1. The SMILES string of the molecule is CCN(CC)c1ccccc1COC(=O)c1cnc(-c2ccccc2)nc1. The van der Waals surface area contributed by atoms with E-state index in [4.69, 9.17) is 4.74 Å². The van der Waals surface area contributed by atoms with Gasteiger partial charge in [0.05, 0.1) is 5.56 Å². The van der Waals surface area contributed by atoms with Crippen molar-refractivity contribution >= 4 is 11.7 Å². The maximum atomic E-state index is 12.4. The first-order valence-corrected chi connectivity index (χ1v) is 9.10. The molecule has 0 fully saturated rings. The number of rotatable bonds is 7. The molecule has 0 atom stereocenters. The average molecular weight is 361 g/mol. The second-order valence-corrected chi connectivity index (χ2v) is 6.04. The van der Waals surface area contributed by atoms with Gasteiger partial charge in [0.1, 0.15) is 6.61 Å². The van der Waals surface area contributed by atoms with Crippen molar-refractivity contribution in [2.24, 2.45) is 0 Å². The minimum Gasteiger partial charge on any atom is -0.457 e. The Balaban J connectivity index is 1.68. The second kappa shape index (κ2) is 8.94. The van der Waals surface area contributed by atoms with Gasteiger partial charge in [-0.15, -0.1) is 0 Å². The molecule has 5 heteroatoms. The summed E-state index contributed by atoms with van der Waals surface area (Å²) in [6.07, 6.45) is 3.02. The molecule has 3 rings (SSSR count).